The lowest BCUT2D eigenvalue weighted by molar-refractivity contribution is -0.900. The summed E-state index contributed by atoms with van der Waals surface area (Å²) in [6.07, 6.45) is 0. The number of ether oxygens (including phenoxy) is 1. The number of benzene rings is 2. The zero-order valence-corrected chi connectivity index (χ0v) is 13.8. The number of phenols is 1. The van der Waals surface area contributed by atoms with Gasteiger partial charge < -0.3 is 19.6 Å². The van der Waals surface area contributed by atoms with Crippen molar-refractivity contribution in [3.63, 3.8) is 0 Å². The molecule has 0 aliphatic carbocycles. The van der Waals surface area contributed by atoms with Crippen molar-refractivity contribution >= 4 is 17.3 Å². The van der Waals surface area contributed by atoms with Gasteiger partial charge in [-0.15, -0.1) is 0 Å². The van der Waals surface area contributed by atoms with Crippen molar-refractivity contribution in [2.75, 3.05) is 44.2 Å². The molecule has 122 valence electrons. The van der Waals surface area contributed by atoms with Gasteiger partial charge >= 0.3 is 0 Å². The maximum absolute atomic E-state index is 9.94. The molecule has 1 aliphatic rings. The summed E-state index contributed by atoms with van der Waals surface area (Å²) >= 11 is 6.09. The molecule has 23 heavy (non-hydrogen) atoms. The molecule has 0 radical (unpaired) electrons. The van der Waals surface area contributed by atoms with E-state index in [9.17, 15) is 5.11 Å². The number of piperazine rings is 1. The number of hydrogen-bond acceptors (Lipinski definition) is 3. The summed E-state index contributed by atoms with van der Waals surface area (Å²) in [7, 11) is 0. The topological polar surface area (TPSA) is 37.1 Å². The highest BCUT2D eigenvalue weighted by molar-refractivity contribution is 6.32. The lowest BCUT2D eigenvalue weighted by Gasteiger charge is -2.33. The van der Waals surface area contributed by atoms with E-state index in [-0.39, 0.29) is 0 Å². The van der Waals surface area contributed by atoms with Gasteiger partial charge in [0.2, 0.25) is 0 Å². The summed E-state index contributed by atoms with van der Waals surface area (Å²) in [6, 6.07) is 15.1. The summed E-state index contributed by atoms with van der Waals surface area (Å²) in [5.41, 5.74) is 0.930. The number of anilines is 1. The normalized spacial score (nSPS) is 15.6. The van der Waals surface area contributed by atoms with Crippen LogP contribution in [-0.4, -0.2) is 44.4 Å². The molecular weight excluding hydrogens is 312 g/mol. The number of para-hydroxylation sites is 3. The maximum atomic E-state index is 9.94. The van der Waals surface area contributed by atoms with Crippen LogP contribution in [0.3, 0.4) is 0 Å². The number of nitrogens with one attached hydrogen (secondary N) is 1. The molecule has 0 saturated carbocycles. The fourth-order valence-electron chi connectivity index (χ4n) is 2.91. The largest absolute Gasteiger partial charge is 0.506 e. The second kappa shape index (κ2) is 7.57. The highest BCUT2D eigenvalue weighted by Gasteiger charge is 2.21. The average Bonchev–Trinajstić information content (AvgIpc) is 2.58. The molecule has 4 nitrogen and oxygen atoms in total. The van der Waals surface area contributed by atoms with Gasteiger partial charge in [-0.05, 0) is 24.3 Å². The Hall–Kier alpha value is -1.91. The van der Waals surface area contributed by atoms with Gasteiger partial charge in [-0.3, -0.25) is 0 Å². The Morgan fingerprint density at radius 2 is 1.74 bits per heavy atom. The Kier molecular flexibility index (Phi) is 5.26. The van der Waals surface area contributed by atoms with Crippen LogP contribution in [0.2, 0.25) is 5.02 Å². The minimum atomic E-state index is 0.359. The number of phenolic OH excluding ortho intramolecular Hbond substituents is 1. The Morgan fingerprint density at radius 3 is 2.48 bits per heavy atom. The summed E-state index contributed by atoms with van der Waals surface area (Å²) in [4.78, 5) is 3.76. The SMILES string of the molecule is Oc1ccccc1N1CC[NH+](CCOc2ccccc2Cl)CC1. The van der Waals surface area contributed by atoms with E-state index < -0.39 is 0 Å². The summed E-state index contributed by atoms with van der Waals surface area (Å²) in [6.45, 7) is 5.59. The van der Waals surface area contributed by atoms with E-state index in [0.29, 0.717) is 17.4 Å². The van der Waals surface area contributed by atoms with Gasteiger partial charge in [-0.1, -0.05) is 35.9 Å². The number of quaternary nitrogens is 1. The number of rotatable bonds is 5. The van der Waals surface area contributed by atoms with Crippen LogP contribution in [0.25, 0.3) is 0 Å². The zero-order valence-electron chi connectivity index (χ0n) is 13.0. The molecule has 1 fully saturated rings. The molecule has 0 unspecified atom stereocenters. The molecule has 0 aromatic heterocycles. The van der Waals surface area contributed by atoms with E-state index in [1.54, 1.807) is 6.07 Å². The first kappa shape index (κ1) is 16.0. The molecule has 2 aromatic rings. The van der Waals surface area contributed by atoms with Gasteiger partial charge in [0.05, 0.1) is 36.9 Å². The lowest BCUT2D eigenvalue weighted by atomic mass is 10.2. The number of aromatic hydroxyl groups is 1. The molecule has 2 aromatic carbocycles. The van der Waals surface area contributed by atoms with E-state index in [4.69, 9.17) is 16.3 Å². The second-order valence-corrected chi connectivity index (χ2v) is 6.16. The van der Waals surface area contributed by atoms with E-state index >= 15 is 0 Å². The first-order chi connectivity index (χ1) is 11.2. The summed E-state index contributed by atoms with van der Waals surface area (Å²) < 4.78 is 5.76. The van der Waals surface area contributed by atoms with E-state index in [1.165, 1.54) is 4.90 Å². The molecule has 0 spiro atoms. The maximum Gasteiger partial charge on any atom is 0.138 e. The predicted molar refractivity (Wildman–Crippen MR) is 92.8 cm³/mol. The third-order valence-corrected chi connectivity index (χ3v) is 4.56. The van der Waals surface area contributed by atoms with Crippen LogP contribution in [0.1, 0.15) is 0 Å². The van der Waals surface area contributed by atoms with Gasteiger partial charge in [0, 0.05) is 0 Å². The quantitative estimate of drug-likeness (QED) is 0.876. The first-order valence-electron chi connectivity index (χ1n) is 7.98. The highest BCUT2D eigenvalue weighted by atomic mass is 35.5. The lowest BCUT2D eigenvalue weighted by Crippen LogP contribution is -3.15. The van der Waals surface area contributed by atoms with Crippen molar-refractivity contribution in [1.82, 2.24) is 0 Å². The van der Waals surface area contributed by atoms with Gasteiger partial charge in [0.1, 0.15) is 24.7 Å². The van der Waals surface area contributed by atoms with E-state index in [2.05, 4.69) is 4.90 Å². The van der Waals surface area contributed by atoms with Gasteiger partial charge in [0.25, 0.3) is 0 Å². The van der Waals surface area contributed by atoms with Crippen LogP contribution >= 0.6 is 11.6 Å². The van der Waals surface area contributed by atoms with Crippen molar-refractivity contribution in [3.05, 3.63) is 53.6 Å². The smallest absolute Gasteiger partial charge is 0.138 e. The number of hydrogen-bond donors (Lipinski definition) is 2. The Balaban J connectivity index is 1.45. The van der Waals surface area contributed by atoms with Crippen LogP contribution in [-0.2, 0) is 0 Å². The number of halogens is 1. The average molecular weight is 334 g/mol. The third kappa shape index (κ3) is 4.09. The van der Waals surface area contributed by atoms with Crippen molar-refractivity contribution in [1.29, 1.82) is 0 Å². The predicted octanol–water partition coefficient (Wildman–Crippen LogP) is 1.83. The first-order valence-corrected chi connectivity index (χ1v) is 8.35. The van der Waals surface area contributed by atoms with Crippen LogP contribution in [0.4, 0.5) is 5.69 Å². The second-order valence-electron chi connectivity index (χ2n) is 5.75. The molecule has 0 bridgehead atoms. The molecule has 2 N–H and O–H groups in total. The molecular formula is C18H22ClN2O2+. The van der Waals surface area contributed by atoms with Crippen LogP contribution in [0, 0.1) is 0 Å². The minimum absolute atomic E-state index is 0.359. The zero-order chi connectivity index (χ0) is 16.1. The molecule has 3 rings (SSSR count). The number of nitrogens with zero attached hydrogens (tertiary/aromatic N) is 1. The third-order valence-electron chi connectivity index (χ3n) is 4.24. The van der Waals surface area contributed by atoms with Crippen LogP contribution < -0.4 is 14.5 Å². The molecule has 1 saturated heterocycles. The Morgan fingerprint density at radius 1 is 1.04 bits per heavy atom. The standard InChI is InChI=1S/C18H21ClN2O2/c19-15-5-1-4-8-18(15)23-14-13-20-9-11-21(12-10-20)16-6-2-3-7-17(16)22/h1-8,22H,9-14H2/p+1. The highest BCUT2D eigenvalue weighted by Crippen LogP contribution is 2.26. The van der Waals surface area contributed by atoms with Crippen LogP contribution in [0.5, 0.6) is 11.5 Å². The van der Waals surface area contributed by atoms with Crippen molar-refractivity contribution in [3.8, 4) is 11.5 Å². The van der Waals surface area contributed by atoms with Gasteiger partial charge in [-0.25, -0.2) is 0 Å². The minimum Gasteiger partial charge on any atom is -0.506 e. The van der Waals surface area contributed by atoms with Crippen molar-refractivity contribution in [2.45, 2.75) is 0 Å². The molecule has 5 heteroatoms. The van der Waals surface area contributed by atoms with E-state index in [0.717, 1.165) is 44.2 Å². The summed E-state index contributed by atoms with van der Waals surface area (Å²) in [5.74, 6) is 1.11. The van der Waals surface area contributed by atoms with Crippen LogP contribution in [0.15, 0.2) is 48.5 Å². The molecule has 1 heterocycles. The molecule has 0 atom stereocenters. The van der Waals surface area contributed by atoms with E-state index in [1.807, 2.05) is 42.5 Å². The summed E-state index contributed by atoms with van der Waals surface area (Å²) in [5, 5.41) is 10.6. The molecule has 1 aliphatic heterocycles. The fraction of sp³-hybridized carbons (Fsp3) is 0.333. The monoisotopic (exact) mass is 333 g/mol. The fourth-order valence-corrected chi connectivity index (χ4v) is 3.10. The Bertz CT molecular complexity index is 640. The van der Waals surface area contributed by atoms with Crippen molar-refractivity contribution < 1.29 is 14.7 Å². The Labute approximate surface area is 141 Å². The van der Waals surface area contributed by atoms with Gasteiger partial charge in [-0.2, -0.15) is 0 Å². The molecule has 0 amide bonds. The van der Waals surface area contributed by atoms with Gasteiger partial charge in [0.15, 0.2) is 0 Å². The van der Waals surface area contributed by atoms with Crippen molar-refractivity contribution in [2.24, 2.45) is 0 Å².